The first-order valence-corrected chi connectivity index (χ1v) is 11.6. The van der Waals surface area contributed by atoms with Gasteiger partial charge in [0.1, 0.15) is 0 Å². The van der Waals surface area contributed by atoms with E-state index in [0.29, 0.717) is 11.8 Å². The van der Waals surface area contributed by atoms with Gasteiger partial charge in [0.05, 0.1) is 0 Å². The first kappa shape index (κ1) is 24.2. The molecule has 2 N–H and O–H groups in total. The average molecular weight is 404 g/mol. The molecule has 1 heteroatoms. The molecule has 0 heterocycles. The van der Waals surface area contributed by atoms with E-state index in [1.54, 1.807) is 0 Å². The van der Waals surface area contributed by atoms with Crippen molar-refractivity contribution in [3.63, 3.8) is 0 Å². The molecule has 2 unspecified atom stereocenters. The fraction of sp³-hybridized carbons (Fsp3) is 0.448. The van der Waals surface area contributed by atoms with Crippen molar-refractivity contribution in [2.45, 2.75) is 73.3 Å². The highest BCUT2D eigenvalue weighted by Gasteiger charge is 2.26. The zero-order valence-electron chi connectivity index (χ0n) is 20.0. The number of hydrogen-bond donors (Lipinski definition) is 1. The van der Waals surface area contributed by atoms with Crippen LogP contribution in [0.25, 0.3) is 0 Å². The van der Waals surface area contributed by atoms with Crippen molar-refractivity contribution >= 4 is 0 Å². The molecule has 0 radical (unpaired) electrons. The summed E-state index contributed by atoms with van der Waals surface area (Å²) in [7, 11) is 0. The first-order chi connectivity index (χ1) is 14.4. The van der Waals surface area contributed by atoms with Crippen LogP contribution in [0.5, 0.6) is 0 Å². The van der Waals surface area contributed by atoms with Crippen molar-refractivity contribution in [2.75, 3.05) is 0 Å². The molecule has 0 amide bonds. The Morgan fingerprint density at radius 3 is 2.57 bits per heavy atom. The van der Waals surface area contributed by atoms with Crippen LogP contribution < -0.4 is 5.73 Å². The van der Waals surface area contributed by atoms with Crippen LogP contribution >= 0.6 is 0 Å². The molecule has 0 saturated carbocycles. The second-order valence-corrected chi connectivity index (χ2v) is 8.72. The molecule has 0 aromatic rings. The number of allylic oxidation sites excluding steroid dienone is 13. The summed E-state index contributed by atoms with van der Waals surface area (Å²) in [6, 6.07) is -0.0156. The third kappa shape index (κ3) is 5.52. The molecule has 0 saturated heterocycles. The predicted molar refractivity (Wildman–Crippen MR) is 134 cm³/mol. The van der Waals surface area contributed by atoms with Crippen molar-refractivity contribution in [3.8, 4) is 0 Å². The van der Waals surface area contributed by atoms with Gasteiger partial charge in [-0.3, -0.25) is 0 Å². The van der Waals surface area contributed by atoms with Crippen molar-refractivity contribution < 1.29 is 0 Å². The Morgan fingerprint density at radius 2 is 1.97 bits per heavy atom. The minimum Gasteiger partial charge on any atom is -0.321 e. The van der Waals surface area contributed by atoms with Gasteiger partial charge in [-0.2, -0.15) is 0 Å². The molecule has 2 atom stereocenters. The fourth-order valence-corrected chi connectivity index (χ4v) is 4.94. The second kappa shape index (κ2) is 11.3. The van der Waals surface area contributed by atoms with Gasteiger partial charge in [0.2, 0.25) is 0 Å². The van der Waals surface area contributed by atoms with E-state index in [9.17, 15) is 0 Å². The number of hydrogen-bond acceptors (Lipinski definition) is 1. The molecule has 0 aromatic heterocycles. The van der Waals surface area contributed by atoms with E-state index in [1.807, 2.05) is 6.08 Å². The minimum atomic E-state index is -0.0156. The summed E-state index contributed by atoms with van der Waals surface area (Å²) in [5, 5.41) is 0. The number of nitrogens with two attached hydrogens (primary N) is 1. The summed E-state index contributed by atoms with van der Waals surface area (Å²) >= 11 is 0. The Bertz CT molecular complexity index is 847. The van der Waals surface area contributed by atoms with Crippen LogP contribution in [0, 0.1) is 11.8 Å². The summed E-state index contributed by atoms with van der Waals surface area (Å²) in [5.74, 6) is 0.990. The SMILES string of the molecule is C=CC(=CC=CC)C1=CCC(C)C2=C(C=CC(N)C=C2C)C(C(CC)CC)=C(C)C1. The highest BCUT2D eigenvalue weighted by atomic mass is 14.6. The Morgan fingerprint density at radius 1 is 1.27 bits per heavy atom. The van der Waals surface area contributed by atoms with Crippen LogP contribution in [0.15, 0.2) is 94.2 Å². The monoisotopic (exact) mass is 403 g/mol. The average Bonchev–Trinajstić information content (AvgIpc) is 2.83. The van der Waals surface area contributed by atoms with Crippen LogP contribution in [-0.4, -0.2) is 6.04 Å². The van der Waals surface area contributed by atoms with E-state index >= 15 is 0 Å². The van der Waals surface area contributed by atoms with Gasteiger partial charge in [-0.05, 0) is 91.7 Å². The Hall–Kier alpha value is -2.12. The molecular weight excluding hydrogens is 362 g/mol. The second-order valence-electron chi connectivity index (χ2n) is 8.72. The quantitative estimate of drug-likeness (QED) is 0.448. The van der Waals surface area contributed by atoms with Crippen molar-refractivity contribution in [1.29, 1.82) is 0 Å². The molecule has 0 aliphatic heterocycles. The van der Waals surface area contributed by atoms with E-state index in [0.717, 1.165) is 25.7 Å². The molecule has 2 aliphatic rings. The summed E-state index contributed by atoms with van der Waals surface area (Å²) in [5.41, 5.74) is 16.2. The summed E-state index contributed by atoms with van der Waals surface area (Å²) in [6.07, 6.45) is 21.8. The molecule has 2 rings (SSSR count). The van der Waals surface area contributed by atoms with Crippen LogP contribution in [0.4, 0.5) is 0 Å². The maximum atomic E-state index is 6.34. The van der Waals surface area contributed by atoms with Gasteiger partial charge in [0.15, 0.2) is 0 Å². The largest absolute Gasteiger partial charge is 0.321 e. The molecule has 2 aliphatic carbocycles. The van der Waals surface area contributed by atoms with E-state index in [1.165, 1.54) is 39.0 Å². The van der Waals surface area contributed by atoms with Crippen molar-refractivity contribution in [1.82, 2.24) is 0 Å². The molecule has 1 nitrogen and oxygen atoms in total. The van der Waals surface area contributed by atoms with Gasteiger partial charge in [0, 0.05) is 6.04 Å². The van der Waals surface area contributed by atoms with Crippen molar-refractivity contribution in [3.05, 3.63) is 94.2 Å². The zero-order chi connectivity index (χ0) is 22.3. The zero-order valence-corrected chi connectivity index (χ0v) is 20.0. The lowest BCUT2D eigenvalue weighted by Gasteiger charge is -2.26. The molecule has 162 valence electrons. The molecule has 0 bridgehead atoms. The Balaban J connectivity index is 2.77. The predicted octanol–water partition coefficient (Wildman–Crippen LogP) is 7.92. The topological polar surface area (TPSA) is 26.0 Å². The standard InChI is InChI=1S/C29H41N/c1-8-12-13-24(11-4)25-15-14-20(5)28-22(7)19-26(30)16-17-27(28)29(21(6)18-25)23(9-2)10-3/h8,11-13,15-17,19-20,23,26H,4,9-10,14,18,30H2,1-3,5-7H3. The number of rotatable bonds is 6. The summed E-state index contributed by atoms with van der Waals surface area (Å²) in [6.45, 7) is 17.7. The molecule has 0 spiro atoms. The Labute approximate surface area is 185 Å². The third-order valence-electron chi connectivity index (χ3n) is 6.51. The van der Waals surface area contributed by atoms with Gasteiger partial charge in [0.25, 0.3) is 0 Å². The lowest BCUT2D eigenvalue weighted by Crippen LogP contribution is -2.13. The normalized spacial score (nSPS) is 23.7. The van der Waals surface area contributed by atoms with E-state index in [4.69, 9.17) is 5.73 Å². The van der Waals surface area contributed by atoms with Gasteiger partial charge in [-0.15, -0.1) is 0 Å². The third-order valence-corrected chi connectivity index (χ3v) is 6.51. The molecule has 30 heavy (non-hydrogen) atoms. The summed E-state index contributed by atoms with van der Waals surface area (Å²) in [4.78, 5) is 0. The molecule has 0 aromatic carbocycles. The van der Waals surface area contributed by atoms with E-state index < -0.39 is 0 Å². The Kier molecular flexibility index (Phi) is 9.11. The van der Waals surface area contributed by atoms with Crippen LogP contribution in [0.1, 0.15) is 67.2 Å². The highest BCUT2D eigenvalue weighted by Crippen LogP contribution is 2.41. The smallest absolute Gasteiger partial charge is 0.0419 e. The lowest BCUT2D eigenvalue weighted by molar-refractivity contribution is 0.570. The highest BCUT2D eigenvalue weighted by molar-refractivity contribution is 5.57. The molecule has 0 fully saturated rings. The maximum Gasteiger partial charge on any atom is 0.0419 e. The van der Waals surface area contributed by atoms with Gasteiger partial charge in [-0.1, -0.05) is 81.5 Å². The van der Waals surface area contributed by atoms with Gasteiger partial charge >= 0.3 is 0 Å². The van der Waals surface area contributed by atoms with Crippen LogP contribution in [0.3, 0.4) is 0 Å². The van der Waals surface area contributed by atoms with Gasteiger partial charge < -0.3 is 5.73 Å². The summed E-state index contributed by atoms with van der Waals surface area (Å²) < 4.78 is 0. The van der Waals surface area contributed by atoms with Crippen LogP contribution in [-0.2, 0) is 0 Å². The molecular formula is C29H41N. The minimum absolute atomic E-state index is 0.0156. The fourth-order valence-electron chi connectivity index (χ4n) is 4.94. The van der Waals surface area contributed by atoms with Gasteiger partial charge in [-0.25, -0.2) is 0 Å². The van der Waals surface area contributed by atoms with E-state index in [-0.39, 0.29) is 6.04 Å². The van der Waals surface area contributed by atoms with Crippen molar-refractivity contribution in [2.24, 2.45) is 17.6 Å². The van der Waals surface area contributed by atoms with Crippen LogP contribution in [0.2, 0.25) is 0 Å². The first-order valence-electron chi connectivity index (χ1n) is 11.6. The van der Waals surface area contributed by atoms with E-state index in [2.05, 4.69) is 90.7 Å². The lowest BCUT2D eigenvalue weighted by atomic mass is 9.78. The maximum absolute atomic E-state index is 6.34.